The Morgan fingerprint density at radius 3 is 2.44 bits per heavy atom. The third-order valence-corrected chi connectivity index (χ3v) is 5.10. The molecule has 1 fully saturated rings. The number of anilines is 1. The highest BCUT2D eigenvalue weighted by atomic mass is 35.5. The molecular weight excluding hydrogens is 432 g/mol. The molecule has 0 aliphatic carbocycles. The van der Waals surface area contributed by atoms with E-state index in [2.05, 4.69) is 5.32 Å². The van der Waals surface area contributed by atoms with E-state index in [0.29, 0.717) is 16.3 Å². The Kier molecular flexibility index (Phi) is 5.91. The van der Waals surface area contributed by atoms with Crippen molar-refractivity contribution in [3.63, 3.8) is 0 Å². The van der Waals surface area contributed by atoms with Crippen molar-refractivity contribution in [3.05, 3.63) is 94.5 Å². The molecular formula is C24H17ClN2O5. The Hall–Kier alpha value is -4.10. The molecule has 0 spiro atoms. The van der Waals surface area contributed by atoms with E-state index in [0.717, 1.165) is 10.5 Å². The molecule has 4 amide bonds. The second kappa shape index (κ2) is 8.95. The quantitative estimate of drug-likeness (QED) is 0.448. The van der Waals surface area contributed by atoms with Gasteiger partial charge in [0.05, 0.1) is 5.69 Å². The lowest BCUT2D eigenvalue weighted by atomic mass is 10.1. The predicted molar refractivity (Wildman–Crippen MR) is 119 cm³/mol. The fourth-order valence-corrected chi connectivity index (χ4v) is 3.33. The zero-order valence-corrected chi connectivity index (χ0v) is 17.4. The van der Waals surface area contributed by atoms with Crippen molar-refractivity contribution in [2.45, 2.75) is 6.61 Å². The van der Waals surface area contributed by atoms with Gasteiger partial charge in [0.2, 0.25) is 0 Å². The van der Waals surface area contributed by atoms with E-state index in [-0.39, 0.29) is 23.6 Å². The summed E-state index contributed by atoms with van der Waals surface area (Å²) in [4.78, 5) is 38.4. The lowest BCUT2D eigenvalue weighted by Gasteiger charge is -2.26. The van der Waals surface area contributed by atoms with E-state index in [1.165, 1.54) is 18.2 Å². The molecule has 4 rings (SSSR count). The SMILES string of the molecule is O=C1NC(=O)N(c2ccc(OCc3ccccc3Cl)cc2)C(=O)/C1=C/c1cccc(O)c1. The molecule has 0 bridgehead atoms. The maximum Gasteiger partial charge on any atom is 0.335 e. The first kappa shape index (κ1) is 21.1. The number of rotatable bonds is 5. The van der Waals surface area contributed by atoms with Crippen LogP contribution in [-0.2, 0) is 16.2 Å². The molecule has 7 nitrogen and oxygen atoms in total. The van der Waals surface area contributed by atoms with Crippen molar-refractivity contribution in [2.24, 2.45) is 0 Å². The summed E-state index contributed by atoms with van der Waals surface area (Å²) in [6.07, 6.45) is 1.32. The zero-order valence-electron chi connectivity index (χ0n) is 16.6. The van der Waals surface area contributed by atoms with Crippen LogP contribution in [0, 0.1) is 0 Å². The summed E-state index contributed by atoms with van der Waals surface area (Å²) in [6, 6.07) is 18.8. The smallest absolute Gasteiger partial charge is 0.335 e. The molecule has 0 saturated carbocycles. The lowest BCUT2D eigenvalue weighted by Crippen LogP contribution is -2.54. The topological polar surface area (TPSA) is 95.9 Å². The number of ether oxygens (including phenoxy) is 1. The van der Waals surface area contributed by atoms with Crippen LogP contribution in [0.4, 0.5) is 10.5 Å². The van der Waals surface area contributed by atoms with Gasteiger partial charge < -0.3 is 9.84 Å². The number of imide groups is 2. The standard InChI is InChI=1S/C24H17ClN2O5/c25-21-7-2-1-5-16(21)14-32-19-10-8-17(9-11-19)27-23(30)20(22(29)26-24(27)31)13-15-4-3-6-18(28)12-15/h1-13,28H,14H2,(H,26,29,31)/b20-13+. The number of phenols is 1. The van der Waals surface area contributed by atoms with Crippen LogP contribution in [0.2, 0.25) is 5.02 Å². The number of phenolic OH excluding ortho intramolecular Hbond substituents is 1. The van der Waals surface area contributed by atoms with E-state index >= 15 is 0 Å². The summed E-state index contributed by atoms with van der Waals surface area (Å²) in [5.74, 6) is -1.07. The first-order chi connectivity index (χ1) is 15.4. The number of aromatic hydroxyl groups is 1. The Morgan fingerprint density at radius 2 is 1.72 bits per heavy atom. The molecule has 0 radical (unpaired) electrons. The number of nitrogens with one attached hydrogen (secondary N) is 1. The minimum absolute atomic E-state index is 0.0108. The van der Waals surface area contributed by atoms with Gasteiger partial charge in [-0.05, 0) is 54.1 Å². The van der Waals surface area contributed by atoms with Gasteiger partial charge in [-0.15, -0.1) is 0 Å². The highest BCUT2D eigenvalue weighted by molar-refractivity contribution is 6.39. The molecule has 1 aliphatic heterocycles. The third-order valence-electron chi connectivity index (χ3n) is 4.73. The van der Waals surface area contributed by atoms with Crippen LogP contribution >= 0.6 is 11.6 Å². The first-order valence-corrected chi connectivity index (χ1v) is 9.97. The van der Waals surface area contributed by atoms with Crippen molar-refractivity contribution in [1.29, 1.82) is 0 Å². The summed E-state index contributed by atoms with van der Waals surface area (Å²) < 4.78 is 5.72. The minimum atomic E-state index is -0.849. The summed E-state index contributed by atoms with van der Waals surface area (Å²) >= 11 is 6.13. The Balaban J connectivity index is 1.54. The van der Waals surface area contributed by atoms with Gasteiger partial charge >= 0.3 is 6.03 Å². The lowest BCUT2D eigenvalue weighted by molar-refractivity contribution is -0.122. The van der Waals surface area contributed by atoms with Crippen LogP contribution < -0.4 is 15.0 Å². The summed E-state index contributed by atoms with van der Waals surface area (Å²) in [5.41, 5.74) is 1.31. The molecule has 3 aromatic rings. The summed E-state index contributed by atoms with van der Waals surface area (Å²) in [6.45, 7) is 0.257. The van der Waals surface area contributed by atoms with E-state index < -0.39 is 17.8 Å². The number of nitrogens with zero attached hydrogens (tertiary/aromatic N) is 1. The molecule has 0 unspecified atom stereocenters. The van der Waals surface area contributed by atoms with Gasteiger partial charge in [-0.2, -0.15) is 0 Å². The average Bonchev–Trinajstić information content (AvgIpc) is 2.77. The Morgan fingerprint density at radius 1 is 0.969 bits per heavy atom. The number of amides is 4. The fourth-order valence-electron chi connectivity index (χ4n) is 3.14. The van der Waals surface area contributed by atoms with Gasteiger partial charge in [-0.3, -0.25) is 14.9 Å². The van der Waals surface area contributed by atoms with Crippen molar-refractivity contribution in [1.82, 2.24) is 5.32 Å². The molecule has 1 aliphatic rings. The minimum Gasteiger partial charge on any atom is -0.508 e. The van der Waals surface area contributed by atoms with E-state index in [1.54, 1.807) is 42.5 Å². The molecule has 32 heavy (non-hydrogen) atoms. The van der Waals surface area contributed by atoms with Crippen molar-refractivity contribution in [3.8, 4) is 11.5 Å². The van der Waals surface area contributed by atoms with Gasteiger partial charge in [0.15, 0.2) is 0 Å². The second-order valence-corrected chi connectivity index (χ2v) is 7.33. The van der Waals surface area contributed by atoms with E-state index in [4.69, 9.17) is 16.3 Å². The molecule has 1 heterocycles. The number of barbiturate groups is 1. The fraction of sp³-hybridized carbons (Fsp3) is 0.0417. The van der Waals surface area contributed by atoms with Crippen molar-refractivity contribution >= 4 is 41.2 Å². The summed E-state index contributed by atoms with van der Waals surface area (Å²) in [7, 11) is 0. The number of halogens is 1. The van der Waals surface area contributed by atoms with E-state index in [1.807, 2.05) is 18.2 Å². The maximum atomic E-state index is 12.9. The van der Waals surface area contributed by atoms with Gasteiger partial charge in [0.1, 0.15) is 23.7 Å². The summed E-state index contributed by atoms with van der Waals surface area (Å²) in [5, 5.41) is 12.4. The number of hydrogen-bond acceptors (Lipinski definition) is 5. The molecule has 8 heteroatoms. The van der Waals surface area contributed by atoms with Gasteiger partial charge in [0.25, 0.3) is 11.8 Å². The molecule has 1 saturated heterocycles. The molecule has 2 N–H and O–H groups in total. The van der Waals surface area contributed by atoms with E-state index in [9.17, 15) is 19.5 Å². The Labute approximate surface area is 188 Å². The number of carbonyl (C=O) groups is 3. The second-order valence-electron chi connectivity index (χ2n) is 6.93. The van der Waals surface area contributed by atoms with Crippen LogP contribution in [0.1, 0.15) is 11.1 Å². The normalized spacial score (nSPS) is 15.1. The predicted octanol–water partition coefficient (Wildman–Crippen LogP) is 4.29. The van der Waals surface area contributed by atoms with Crippen LogP contribution in [0.5, 0.6) is 11.5 Å². The highest BCUT2D eigenvalue weighted by Crippen LogP contribution is 2.26. The van der Waals surface area contributed by atoms with Gasteiger partial charge in [0, 0.05) is 10.6 Å². The third kappa shape index (κ3) is 4.48. The largest absolute Gasteiger partial charge is 0.508 e. The average molecular weight is 449 g/mol. The highest BCUT2D eigenvalue weighted by Gasteiger charge is 2.36. The molecule has 160 valence electrons. The first-order valence-electron chi connectivity index (χ1n) is 9.59. The Bertz CT molecular complexity index is 1240. The van der Waals surface area contributed by atoms with Crippen molar-refractivity contribution < 1.29 is 24.2 Å². The molecule has 3 aromatic carbocycles. The van der Waals surface area contributed by atoms with Gasteiger partial charge in [-0.25, -0.2) is 9.69 Å². The van der Waals surface area contributed by atoms with Crippen LogP contribution in [0.25, 0.3) is 6.08 Å². The number of hydrogen-bond donors (Lipinski definition) is 2. The van der Waals surface area contributed by atoms with Crippen LogP contribution in [0.3, 0.4) is 0 Å². The van der Waals surface area contributed by atoms with Crippen LogP contribution in [-0.4, -0.2) is 23.0 Å². The number of benzene rings is 3. The zero-order chi connectivity index (χ0) is 22.7. The molecule has 0 atom stereocenters. The van der Waals surface area contributed by atoms with Crippen LogP contribution in [0.15, 0.2) is 78.4 Å². The maximum absolute atomic E-state index is 12.9. The number of urea groups is 1. The number of carbonyl (C=O) groups excluding carboxylic acids is 3. The van der Waals surface area contributed by atoms with Gasteiger partial charge in [-0.1, -0.05) is 41.9 Å². The molecule has 0 aromatic heterocycles. The monoisotopic (exact) mass is 448 g/mol. The van der Waals surface area contributed by atoms with Crippen molar-refractivity contribution in [2.75, 3.05) is 4.90 Å².